The van der Waals surface area contributed by atoms with E-state index in [0.29, 0.717) is 0 Å². The van der Waals surface area contributed by atoms with Crippen molar-refractivity contribution >= 4 is 10.0 Å². The molecule has 120 valence electrons. The van der Waals surface area contributed by atoms with Crippen LogP contribution in [0, 0.1) is 11.3 Å². The number of benzene rings is 1. The summed E-state index contributed by atoms with van der Waals surface area (Å²) in [5.41, 5.74) is 0.0280. The van der Waals surface area contributed by atoms with Gasteiger partial charge >= 0.3 is 6.18 Å². The van der Waals surface area contributed by atoms with Gasteiger partial charge in [0.25, 0.3) is 0 Å². The summed E-state index contributed by atoms with van der Waals surface area (Å²) >= 11 is 0. The third-order valence-corrected chi connectivity index (χ3v) is 5.32. The molecule has 0 aromatic heterocycles. The Balaban J connectivity index is 2.12. The molecule has 9 heteroatoms. The van der Waals surface area contributed by atoms with Crippen molar-refractivity contribution in [2.45, 2.75) is 11.1 Å². The molecule has 1 aromatic rings. The van der Waals surface area contributed by atoms with Crippen molar-refractivity contribution in [3.05, 3.63) is 29.8 Å². The van der Waals surface area contributed by atoms with Crippen molar-refractivity contribution in [2.75, 3.05) is 32.7 Å². The van der Waals surface area contributed by atoms with Gasteiger partial charge in [0.05, 0.1) is 17.0 Å². The van der Waals surface area contributed by atoms with Gasteiger partial charge in [0.1, 0.15) is 6.07 Å². The molecule has 0 saturated carbocycles. The number of alkyl halides is 3. The van der Waals surface area contributed by atoms with E-state index in [-0.39, 0.29) is 36.6 Å². The van der Waals surface area contributed by atoms with Crippen LogP contribution in [0.4, 0.5) is 13.2 Å². The first-order valence-corrected chi connectivity index (χ1v) is 7.96. The van der Waals surface area contributed by atoms with Crippen LogP contribution in [0.15, 0.2) is 29.2 Å². The topological polar surface area (TPSA) is 64.4 Å². The average Bonchev–Trinajstić information content (AvgIpc) is 2.46. The van der Waals surface area contributed by atoms with Crippen molar-refractivity contribution < 1.29 is 21.6 Å². The second kappa shape index (κ2) is 6.24. The highest BCUT2D eigenvalue weighted by Gasteiger charge is 2.35. The summed E-state index contributed by atoms with van der Waals surface area (Å²) in [4.78, 5) is 1.06. The van der Waals surface area contributed by atoms with Crippen LogP contribution in [-0.4, -0.2) is 56.5 Å². The first-order valence-electron chi connectivity index (χ1n) is 6.52. The zero-order valence-corrected chi connectivity index (χ0v) is 12.4. The van der Waals surface area contributed by atoms with Crippen molar-refractivity contribution in [2.24, 2.45) is 0 Å². The lowest BCUT2D eigenvalue weighted by Gasteiger charge is -2.34. The fraction of sp³-hybridized carbons (Fsp3) is 0.462. The fourth-order valence-electron chi connectivity index (χ4n) is 2.30. The molecule has 1 aliphatic rings. The number of nitriles is 1. The van der Waals surface area contributed by atoms with Crippen molar-refractivity contribution in [3.8, 4) is 6.07 Å². The molecular weight excluding hydrogens is 319 g/mol. The molecule has 0 N–H and O–H groups in total. The van der Waals surface area contributed by atoms with Gasteiger partial charge in [-0.05, 0) is 12.1 Å². The van der Waals surface area contributed by atoms with Gasteiger partial charge in [0, 0.05) is 26.2 Å². The Labute approximate surface area is 126 Å². The van der Waals surface area contributed by atoms with Crippen LogP contribution in [0.3, 0.4) is 0 Å². The number of sulfonamides is 1. The van der Waals surface area contributed by atoms with Crippen molar-refractivity contribution in [1.29, 1.82) is 5.26 Å². The summed E-state index contributed by atoms with van der Waals surface area (Å²) in [7, 11) is -3.87. The second-order valence-corrected chi connectivity index (χ2v) is 6.81. The molecule has 0 bridgehead atoms. The van der Waals surface area contributed by atoms with E-state index in [9.17, 15) is 21.6 Å². The molecule has 5 nitrogen and oxygen atoms in total. The zero-order chi connectivity index (χ0) is 16.4. The van der Waals surface area contributed by atoms with Crippen LogP contribution < -0.4 is 0 Å². The number of halogens is 3. The van der Waals surface area contributed by atoms with Crippen LogP contribution in [0.25, 0.3) is 0 Å². The lowest BCUT2D eigenvalue weighted by molar-refractivity contribution is -0.148. The summed E-state index contributed by atoms with van der Waals surface area (Å²) in [5, 5.41) is 8.98. The third-order valence-electron chi connectivity index (χ3n) is 3.36. The van der Waals surface area contributed by atoms with Gasteiger partial charge in [-0.3, -0.25) is 4.90 Å². The summed E-state index contributed by atoms with van der Waals surface area (Å²) in [6.07, 6.45) is -4.30. The first kappa shape index (κ1) is 16.7. The van der Waals surface area contributed by atoms with E-state index in [1.165, 1.54) is 23.1 Å². The van der Waals surface area contributed by atoms with Crippen LogP contribution in [-0.2, 0) is 10.0 Å². The van der Waals surface area contributed by atoms with Crippen molar-refractivity contribution in [1.82, 2.24) is 9.21 Å². The van der Waals surface area contributed by atoms with Gasteiger partial charge < -0.3 is 0 Å². The van der Waals surface area contributed by atoms with E-state index in [1.807, 2.05) is 6.07 Å². The lowest BCUT2D eigenvalue weighted by atomic mass is 10.2. The molecule has 0 aliphatic carbocycles. The predicted molar refractivity (Wildman–Crippen MR) is 72.4 cm³/mol. The zero-order valence-electron chi connectivity index (χ0n) is 11.5. The lowest BCUT2D eigenvalue weighted by Crippen LogP contribution is -2.50. The molecule has 22 heavy (non-hydrogen) atoms. The van der Waals surface area contributed by atoms with Crippen LogP contribution >= 0.6 is 0 Å². The van der Waals surface area contributed by atoms with E-state index >= 15 is 0 Å². The average molecular weight is 333 g/mol. The SMILES string of the molecule is N#Cc1ccccc1S(=O)(=O)N1CCN(CC(F)(F)F)CC1. The minimum atomic E-state index is -4.30. The van der Waals surface area contributed by atoms with Gasteiger partial charge in [-0.2, -0.15) is 22.7 Å². The smallest absolute Gasteiger partial charge is 0.292 e. The van der Waals surface area contributed by atoms with Gasteiger partial charge in [-0.15, -0.1) is 0 Å². The summed E-state index contributed by atoms with van der Waals surface area (Å²) < 4.78 is 63.1. The highest BCUT2D eigenvalue weighted by molar-refractivity contribution is 7.89. The maximum Gasteiger partial charge on any atom is 0.401 e. The molecule has 0 unspecified atom stereocenters. The molecule has 1 fully saturated rings. The van der Waals surface area contributed by atoms with E-state index in [1.54, 1.807) is 6.07 Å². The number of piperazine rings is 1. The summed E-state index contributed by atoms with van der Waals surface area (Å²) in [5.74, 6) is 0. The van der Waals surface area contributed by atoms with Gasteiger partial charge in [-0.1, -0.05) is 12.1 Å². The molecule has 1 aliphatic heterocycles. The van der Waals surface area contributed by atoms with Gasteiger partial charge in [0.2, 0.25) is 10.0 Å². The Kier molecular flexibility index (Phi) is 4.75. The minimum Gasteiger partial charge on any atom is -0.292 e. The molecule has 1 heterocycles. The minimum absolute atomic E-state index is 0.00740. The Morgan fingerprint density at radius 1 is 1.14 bits per heavy atom. The quantitative estimate of drug-likeness (QED) is 0.839. The normalized spacial score (nSPS) is 18.1. The molecule has 2 rings (SSSR count). The maximum atomic E-state index is 12.5. The molecule has 0 atom stereocenters. The molecule has 0 spiro atoms. The Bertz CT molecular complexity index is 675. The van der Waals surface area contributed by atoms with Gasteiger partial charge in [-0.25, -0.2) is 8.42 Å². The van der Waals surface area contributed by atoms with Gasteiger partial charge in [0.15, 0.2) is 0 Å². The first-order chi connectivity index (χ1) is 10.2. The fourth-order valence-corrected chi connectivity index (χ4v) is 3.87. The molecule has 1 saturated heterocycles. The molecule has 0 amide bonds. The van der Waals surface area contributed by atoms with Crippen LogP contribution in [0.1, 0.15) is 5.56 Å². The third kappa shape index (κ3) is 3.76. The van der Waals surface area contributed by atoms with E-state index in [0.717, 1.165) is 4.31 Å². The Morgan fingerprint density at radius 2 is 1.73 bits per heavy atom. The van der Waals surface area contributed by atoms with Crippen LogP contribution in [0.5, 0.6) is 0 Å². The maximum absolute atomic E-state index is 12.5. The standard InChI is InChI=1S/C13H14F3N3O2S/c14-13(15,16)10-18-5-7-19(8-6-18)22(20,21)12-4-2-1-3-11(12)9-17/h1-4H,5-8,10H2. The van der Waals surface area contributed by atoms with Crippen LogP contribution in [0.2, 0.25) is 0 Å². The number of nitrogens with zero attached hydrogens (tertiary/aromatic N) is 3. The largest absolute Gasteiger partial charge is 0.401 e. The number of rotatable bonds is 3. The van der Waals surface area contributed by atoms with E-state index in [2.05, 4.69) is 0 Å². The van der Waals surface area contributed by atoms with Crippen molar-refractivity contribution in [3.63, 3.8) is 0 Å². The molecule has 1 aromatic carbocycles. The number of hydrogen-bond donors (Lipinski definition) is 0. The Morgan fingerprint density at radius 3 is 2.27 bits per heavy atom. The molecule has 0 radical (unpaired) electrons. The van der Waals surface area contributed by atoms with E-state index in [4.69, 9.17) is 5.26 Å². The second-order valence-electron chi connectivity index (χ2n) is 4.90. The highest BCUT2D eigenvalue weighted by atomic mass is 32.2. The summed E-state index contributed by atoms with van der Waals surface area (Å²) in [6.45, 7) is -1.09. The summed E-state index contributed by atoms with van der Waals surface area (Å²) in [6, 6.07) is 7.60. The predicted octanol–water partition coefficient (Wildman–Crippen LogP) is 1.43. The molecular formula is C13H14F3N3O2S. The monoisotopic (exact) mass is 333 g/mol. The van der Waals surface area contributed by atoms with E-state index < -0.39 is 22.7 Å². The number of hydrogen-bond acceptors (Lipinski definition) is 4. The Hall–Kier alpha value is -1.63. The highest BCUT2D eigenvalue weighted by Crippen LogP contribution is 2.22.